The van der Waals surface area contributed by atoms with Crippen LogP contribution in [0.15, 0.2) is 30.5 Å². The van der Waals surface area contributed by atoms with Crippen molar-refractivity contribution in [1.82, 2.24) is 9.78 Å². The SMILES string of the molecule is COc1cc2c(cnn2C(=O)OC(C)(C)C)c(Nc2ccc(I)cc2F)c1N. The van der Waals surface area contributed by atoms with E-state index in [2.05, 4.69) is 10.4 Å². The van der Waals surface area contributed by atoms with Crippen molar-refractivity contribution in [1.29, 1.82) is 0 Å². The molecule has 0 aliphatic rings. The Morgan fingerprint density at radius 3 is 2.64 bits per heavy atom. The van der Waals surface area contributed by atoms with Crippen LogP contribution in [0, 0.1) is 9.39 Å². The number of fused-ring (bicyclic) bond motifs is 1. The Bertz CT molecular complexity index is 1060. The highest BCUT2D eigenvalue weighted by Gasteiger charge is 2.23. The molecule has 2 aromatic carbocycles. The Balaban J connectivity index is 2.14. The Morgan fingerprint density at radius 2 is 2.04 bits per heavy atom. The molecule has 148 valence electrons. The number of aromatic nitrogens is 2. The largest absolute Gasteiger partial charge is 0.494 e. The first kappa shape index (κ1) is 20.2. The molecule has 0 amide bonds. The first-order chi connectivity index (χ1) is 13.1. The Kier molecular flexibility index (Phi) is 5.37. The van der Waals surface area contributed by atoms with Crippen LogP contribution < -0.4 is 15.8 Å². The van der Waals surface area contributed by atoms with Crippen molar-refractivity contribution >= 4 is 56.6 Å². The summed E-state index contributed by atoms with van der Waals surface area (Å²) in [7, 11) is 1.46. The normalized spacial score (nSPS) is 11.5. The Labute approximate surface area is 175 Å². The summed E-state index contributed by atoms with van der Waals surface area (Å²) >= 11 is 2.03. The fourth-order valence-corrected chi connectivity index (χ4v) is 3.09. The van der Waals surface area contributed by atoms with Gasteiger partial charge in [-0.3, -0.25) is 0 Å². The van der Waals surface area contributed by atoms with Crippen molar-refractivity contribution in [3.8, 4) is 5.75 Å². The van der Waals surface area contributed by atoms with E-state index in [1.165, 1.54) is 19.4 Å². The molecule has 1 heterocycles. The first-order valence-electron chi connectivity index (χ1n) is 8.40. The second-order valence-corrected chi connectivity index (χ2v) is 8.33. The van der Waals surface area contributed by atoms with Crippen LogP contribution >= 0.6 is 22.6 Å². The van der Waals surface area contributed by atoms with Crippen molar-refractivity contribution in [3.63, 3.8) is 0 Å². The summed E-state index contributed by atoms with van der Waals surface area (Å²) in [4.78, 5) is 12.5. The lowest BCUT2D eigenvalue weighted by molar-refractivity contribution is 0.0522. The molecule has 28 heavy (non-hydrogen) atoms. The van der Waals surface area contributed by atoms with Crippen molar-refractivity contribution in [2.45, 2.75) is 26.4 Å². The Morgan fingerprint density at radius 1 is 1.32 bits per heavy atom. The van der Waals surface area contributed by atoms with Crippen LogP contribution in [0.3, 0.4) is 0 Å². The number of benzene rings is 2. The molecule has 0 fully saturated rings. The lowest BCUT2D eigenvalue weighted by Gasteiger charge is -2.19. The van der Waals surface area contributed by atoms with Gasteiger partial charge in [-0.15, -0.1) is 0 Å². The average Bonchev–Trinajstić information content (AvgIpc) is 3.01. The van der Waals surface area contributed by atoms with E-state index in [1.54, 1.807) is 39.0 Å². The van der Waals surface area contributed by atoms with E-state index >= 15 is 0 Å². The number of nitrogens with two attached hydrogens (primary N) is 1. The minimum atomic E-state index is -0.682. The quantitative estimate of drug-likeness (QED) is 0.395. The summed E-state index contributed by atoms with van der Waals surface area (Å²) in [6.07, 6.45) is 0.836. The van der Waals surface area contributed by atoms with Crippen LogP contribution in [0.2, 0.25) is 0 Å². The van der Waals surface area contributed by atoms with Crippen LogP contribution in [-0.2, 0) is 4.74 Å². The summed E-state index contributed by atoms with van der Waals surface area (Å²) in [6, 6.07) is 6.38. The second-order valence-electron chi connectivity index (χ2n) is 7.09. The molecule has 3 aromatic rings. The number of methoxy groups -OCH3 is 1. The van der Waals surface area contributed by atoms with Crippen LogP contribution in [0.4, 0.5) is 26.2 Å². The smallest absolute Gasteiger partial charge is 0.435 e. The van der Waals surface area contributed by atoms with E-state index in [1.807, 2.05) is 22.6 Å². The molecule has 0 aliphatic carbocycles. The summed E-state index contributed by atoms with van der Waals surface area (Å²) in [5, 5.41) is 7.66. The number of nitrogen functional groups attached to an aromatic ring is 1. The zero-order valence-electron chi connectivity index (χ0n) is 15.8. The van der Waals surface area contributed by atoms with E-state index < -0.39 is 17.5 Å². The minimum absolute atomic E-state index is 0.242. The number of nitrogens with one attached hydrogen (secondary N) is 1. The molecule has 3 N–H and O–H groups in total. The maximum atomic E-state index is 14.3. The fourth-order valence-electron chi connectivity index (χ4n) is 2.64. The third-order valence-electron chi connectivity index (χ3n) is 3.86. The van der Waals surface area contributed by atoms with Gasteiger partial charge in [-0.25, -0.2) is 9.18 Å². The number of hydrogen-bond acceptors (Lipinski definition) is 6. The van der Waals surface area contributed by atoms with Gasteiger partial charge in [0, 0.05) is 15.0 Å². The molecule has 0 unspecified atom stereocenters. The predicted octanol–water partition coefficient (Wildman–Crippen LogP) is 4.90. The van der Waals surface area contributed by atoms with Gasteiger partial charge in [-0.1, -0.05) is 0 Å². The molecular formula is C19H20FIN4O3. The third kappa shape index (κ3) is 3.98. The standard InChI is InChI=1S/C19H20FIN4O3/c1-19(2,3)28-18(26)25-14-8-15(27-4)16(22)17(11(14)9-23-25)24-13-6-5-10(21)7-12(13)20/h5-9,24H,22H2,1-4H3. The number of ether oxygens (including phenoxy) is 2. The first-order valence-corrected chi connectivity index (χ1v) is 9.48. The van der Waals surface area contributed by atoms with Crippen LogP contribution in [-0.4, -0.2) is 28.6 Å². The van der Waals surface area contributed by atoms with Crippen LogP contribution in [0.25, 0.3) is 10.9 Å². The van der Waals surface area contributed by atoms with Crippen molar-refractivity contribution < 1.29 is 18.7 Å². The monoisotopic (exact) mass is 498 g/mol. The van der Waals surface area contributed by atoms with Crippen LogP contribution in [0.1, 0.15) is 20.8 Å². The molecule has 3 rings (SSSR count). The van der Waals surface area contributed by atoms with Crippen molar-refractivity contribution in [3.05, 3.63) is 39.8 Å². The van der Waals surface area contributed by atoms with E-state index in [0.717, 1.165) is 8.25 Å². The maximum absolute atomic E-state index is 14.3. The zero-order chi connectivity index (χ0) is 20.6. The molecule has 7 nitrogen and oxygen atoms in total. The van der Waals surface area contributed by atoms with Crippen LogP contribution in [0.5, 0.6) is 5.75 Å². The van der Waals surface area contributed by atoms with Gasteiger partial charge in [0.15, 0.2) is 0 Å². The lowest BCUT2D eigenvalue weighted by atomic mass is 10.1. The molecule has 9 heteroatoms. The number of carbonyl (C=O) groups is 1. The van der Waals surface area contributed by atoms with E-state index in [9.17, 15) is 9.18 Å². The highest BCUT2D eigenvalue weighted by molar-refractivity contribution is 14.1. The van der Waals surface area contributed by atoms with Gasteiger partial charge in [-0.2, -0.15) is 9.78 Å². The highest BCUT2D eigenvalue weighted by Crippen LogP contribution is 2.39. The number of hydrogen-bond donors (Lipinski definition) is 2. The molecule has 0 bridgehead atoms. The second kappa shape index (κ2) is 7.46. The molecule has 0 saturated heterocycles. The topological polar surface area (TPSA) is 91.4 Å². The van der Waals surface area contributed by atoms with Gasteiger partial charge < -0.3 is 20.5 Å². The van der Waals surface area contributed by atoms with Gasteiger partial charge in [0.25, 0.3) is 0 Å². The number of halogens is 2. The number of rotatable bonds is 3. The molecule has 0 aliphatic heterocycles. The van der Waals surface area contributed by atoms with Gasteiger partial charge >= 0.3 is 6.09 Å². The summed E-state index contributed by atoms with van der Waals surface area (Å²) < 4.78 is 26.9. The average molecular weight is 498 g/mol. The van der Waals surface area contributed by atoms with E-state index in [-0.39, 0.29) is 11.4 Å². The lowest BCUT2D eigenvalue weighted by Crippen LogP contribution is -2.27. The minimum Gasteiger partial charge on any atom is -0.494 e. The number of nitrogens with zero attached hydrogens (tertiary/aromatic N) is 2. The highest BCUT2D eigenvalue weighted by atomic mass is 127. The molecule has 1 aromatic heterocycles. The summed E-state index contributed by atoms with van der Waals surface area (Å²) in [6.45, 7) is 5.30. The molecular weight excluding hydrogens is 478 g/mol. The van der Waals surface area contributed by atoms with Gasteiger partial charge in [0.05, 0.1) is 35.9 Å². The summed E-state index contributed by atoms with van der Waals surface area (Å²) in [5.74, 6) is -0.104. The van der Waals surface area contributed by atoms with Gasteiger partial charge in [0.1, 0.15) is 17.2 Å². The molecule has 0 spiro atoms. The zero-order valence-corrected chi connectivity index (χ0v) is 18.0. The molecule has 0 atom stereocenters. The summed E-state index contributed by atoms with van der Waals surface area (Å²) in [5.41, 5.74) is 6.86. The molecule has 0 saturated carbocycles. The van der Waals surface area contributed by atoms with Gasteiger partial charge in [-0.05, 0) is 61.6 Å². The maximum Gasteiger partial charge on any atom is 0.435 e. The number of carbonyl (C=O) groups excluding carboxylic acids is 1. The van der Waals surface area contributed by atoms with E-state index in [0.29, 0.717) is 22.3 Å². The fraction of sp³-hybridized carbons (Fsp3) is 0.263. The van der Waals surface area contributed by atoms with E-state index in [4.69, 9.17) is 15.2 Å². The Hall–Kier alpha value is -2.56. The third-order valence-corrected chi connectivity index (χ3v) is 4.53. The predicted molar refractivity (Wildman–Crippen MR) is 115 cm³/mol. The van der Waals surface area contributed by atoms with Gasteiger partial charge in [0.2, 0.25) is 0 Å². The van der Waals surface area contributed by atoms with Crippen molar-refractivity contribution in [2.24, 2.45) is 0 Å². The number of anilines is 3. The molecule has 0 radical (unpaired) electrons. The van der Waals surface area contributed by atoms with Crippen molar-refractivity contribution in [2.75, 3.05) is 18.2 Å².